The molecule has 1 amide bonds. The Kier molecular flexibility index (Phi) is 4.57. The van der Waals surface area contributed by atoms with E-state index in [4.69, 9.17) is 14.0 Å². The zero-order valence-corrected chi connectivity index (χ0v) is 15.3. The van der Waals surface area contributed by atoms with Gasteiger partial charge in [-0.1, -0.05) is 5.16 Å². The smallest absolute Gasteiger partial charge is 0.259 e. The summed E-state index contributed by atoms with van der Waals surface area (Å²) < 4.78 is 16.5. The molecule has 1 aromatic heterocycles. The number of fused-ring (bicyclic) bond motifs is 1. The van der Waals surface area contributed by atoms with E-state index in [1.54, 1.807) is 0 Å². The Hall–Kier alpha value is -2.50. The molecule has 0 bridgehead atoms. The molecule has 2 aliphatic rings. The summed E-state index contributed by atoms with van der Waals surface area (Å²) in [5.74, 6) is 1.92. The number of carbonyl (C=O) groups excluding carboxylic acids is 1. The molecular formula is C20H24N2O4. The molecule has 1 aliphatic carbocycles. The molecule has 0 atom stereocenters. The van der Waals surface area contributed by atoms with Crippen molar-refractivity contribution in [3.8, 4) is 11.5 Å². The molecule has 2 heterocycles. The quantitative estimate of drug-likeness (QED) is 0.792. The van der Waals surface area contributed by atoms with Gasteiger partial charge in [0.15, 0.2) is 11.5 Å². The van der Waals surface area contributed by atoms with Crippen LogP contribution in [0.5, 0.6) is 11.5 Å². The highest BCUT2D eigenvalue weighted by Crippen LogP contribution is 2.41. The van der Waals surface area contributed by atoms with Crippen LogP contribution in [0.3, 0.4) is 0 Å². The van der Waals surface area contributed by atoms with Crippen molar-refractivity contribution < 1.29 is 18.8 Å². The Morgan fingerprint density at radius 3 is 2.54 bits per heavy atom. The Bertz CT molecular complexity index is 810. The minimum absolute atomic E-state index is 0.00523. The van der Waals surface area contributed by atoms with Gasteiger partial charge in [-0.25, -0.2) is 0 Å². The first-order valence-corrected chi connectivity index (χ1v) is 9.36. The molecule has 1 fully saturated rings. The van der Waals surface area contributed by atoms with Gasteiger partial charge in [-0.2, -0.15) is 0 Å². The fourth-order valence-electron chi connectivity index (χ4n) is 3.50. The fraction of sp³-hybridized carbons (Fsp3) is 0.500. The number of ether oxygens (including phenoxy) is 2. The minimum Gasteiger partial charge on any atom is -0.490 e. The lowest BCUT2D eigenvalue weighted by Crippen LogP contribution is -2.36. The van der Waals surface area contributed by atoms with Gasteiger partial charge in [0.05, 0.1) is 18.9 Å². The Labute approximate surface area is 153 Å². The third kappa shape index (κ3) is 3.16. The van der Waals surface area contributed by atoms with E-state index in [1.807, 2.05) is 24.8 Å². The van der Waals surface area contributed by atoms with Crippen LogP contribution in [0, 0.1) is 0 Å². The lowest BCUT2D eigenvalue weighted by atomic mass is 9.98. The Morgan fingerprint density at radius 2 is 1.88 bits per heavy atom. The summed E-state index contributed by atoms with van der Waals surface area (Å²) in [4.78, 5) is 14.8. The first-order valence-electron chi connectivity index (χ1n) is 9.36. The number of amides is 1. The fourth-order valence-corrected chi connectivity index (χ4v) is 3.50. The summed E-state index contributed by atoms with van der Waals surface area (Å²) in [6.07, 6.45) is 4.48. The molecule has 0 radical (unpaired) electrons. The van der Waals surface area contributed by atoms with Crippen LogP contribution >= 0.6 is 0 Å². The van der Waals surface area contributed by atoms with Crippen LogP contribution in [0.25, 0.3) is 0 Å². The molecule has 26 heavy (non-hydrogen) atoms. The maximum Gasteiger partial charge on any atom is 0.259 e. The van der Waals surface area contributed by atoms with Crippen LogP contribution < -0.4 is 9.47 Å². The van der Waals surface area contributed by atoms with E-state index in [0.29, 0.717) is 37.8 Å². The molecular weight excluding hydrogens is 332 g/mol. The zero-order chi connectivity index (χ0) is 18.1. The summed E-state index contributed by atoms with van der Waals surface area (Å²) in [5.41, 5.74) is 3.77. The van der Waals surface area contributed by atoms with Crippen molar-refractivity contribution in [2.24, 2.45) is 0 Å². The van der Waals surface area contributed by atoms with E-state index in [2.05, 4.69) is 11.2 Å². The number of rotatable bonds is 6. The molecule has 0 saturated heterocycles. The van der Waals surface area contributed by atoms with Gasteiger partial charge in [0.1, 0.15) is 11.8 Å². The van der Waals surface area contributed by atoms with Gasteiger partial charge in [-0.3, -0.25) is 4.79 Å². The van der Waals surface area contributed by atoms with Crippen LogP contribution in [-0.2, 0) is 13.0 Å². The van der Waals surface area contributed by atoms with Crippen molar-refractivity contribution in [1.29, 1.82) is 0 Å². The maximum absolute atomic E-state index is 13.0. The zero-order valence-electron chi connectivity index (χ0n) is 15.3. The summed E-state index contributed by atoms with van der Waals surface area (Å²) in [5, 5.41) is 4.05. The minimum atomic E-state index is 0.00523. The van der Waals surface area contributed by atoms with Crippen LogP contribution in [-0.4, -0.2) is 35.7 Å². The van der Waals surface area contributed by atoms with Crippen molar-refractivity contribution in [3.63, 3.8) is 0 Å². The molecule has 6 nitrogen and oxygen atoms in total. The third-order valence-electron chi connectivity index (χ3n) is 4.96. The van der Waals surface area contributed by atoms with E-state index in [-0.39, 0.29) is 5.91 Å². The SMILES string of the molecule is CCOc1cc2c(cc1OCC)CN(C(=O)c1conc1C1CC1)CC2. The van der Waals surface area contributed by atoms with Gasteiger partial charge in [0.25, 0.3) is 5.91 Å². The average Bonchev–Trinajstić information content (AvgIpc) is 3.38. The molecule has 0 N–H and O–H groups in total. The second kappa shape index (κ2) is 7.02. The number of hydrogen-bond acceptors (Lipinski definition) is 5. The maximum atomic E-state index is 13.0. The van der Waals surface area contributed by atoms with Crippen molar-refractivity contribution in [1.82, 2.24) is 10.1 Å². The van der Waals surface area contributed by atoms with Gasteiger partial charge in [-0.05, 0) is 56.4 Å². The molecule has 2 aromatic rings. The van der Waals surface area contributed by atoms with Crippen molar-refractivity contribution in [2.45, 2.75) is 45.6 Å². The van der Waals surface area contributed by atoms with Crippen LogP contribution in [0.4, 0.5) is 0 Å². The molecule has 1 saturated carbocycles. The predicted molar refractivity (Wildman–Crippen MR) is 95.7 cm³/mol. The Balaban J connectivity index is 1.57. The van der Waals surface area contributed by atoms with E-state index in [9.17, 15) is 4.79 Å². The number of nitrogens with zero attached hydrogens (tertiary/aromatic N) is 2. The number of aromatic nitrogens is 1. The van der Waals surface area contributed by atoms with Gasteiger partial charge < -0.3 is 18.9 Å². The van der Waals surface area contributed by atoms with Crippen molar-refractivity contribution in [3.05, 3.63) is 40.8 Å². The second-order valence-corrected chi connectivity index (χ2v) is 6.80. The van der Waals surface area contributed by atoms with E-state index >= 15 is 0 Å². The normalized spacial score (nSPS) is 16.3. The summed E-state index contributed by atoms with van der Waals surface area (Å²) in [6.45, 7) is 6.34. The largest absolute Gasteiger partial charge is 0.490 e. The molecule has 1 aliphatic heterocycles. The number of hydrogen-bond donors (Lipinski definition) is 0. The summed E-state index contributed by atoms with van der Waals surface area (Å²) in [6, 6.07) is 4.07. The van der Waals surface area contributed by atoms with Gasteiger partial charge in [-0.15, -0.1) is 0 Å². The van der Waals surface area contributed by atoms with E-state index in [0.717, 1.165) is 42.0 Å². The molecule has 4 rings (SSSR count). The van der Waals surface area contributed by atoms with Gasteiger partial charge in [0, 0.05) is 19.0 Å². The van der Waals surface area contributed by atoms with Crippen molar-refractivity contribution >= 4 is 5.91 Å². The monoisotopic (exact) mass is 356 g/mol. The summed E-state index contributed by atoms with van der Waals surface area (Å²) >= 11 is 0. The van der Waals surface area contributed by atoms with Crippen LogP contribution in [0.2, 0.25) is 0 Å². The first-order chi connectivity index (χ1) is 12.7. The van der Waals surface area contributed by atoms with Gasteiger partial charge >= 0.3 is 0 Å². The second-order valence-electron chi connectivity index (χ2n) is 6.80. The van der Waals surface area contributed by atoms with E-state index < -0.39 is 0 Å². The third-order valence-corrected chi connectivity index (χ3v) is 4.96. The van der Waals surface area contributed by atoms with Crippen LogP contribution in [0.1, 0.15) is 59.8 Å². The number of carbonyl (C=O) groups is 1. The molecule has 138 valence electrons. The lowest BCUT2D eigenvalue weighted by molar-refractivity contribution is 0.0732. The first kappa shape index (κ1) is 16.9. The summed E-state index contributed by atoms with van der Waals surface area (Å²) in [7, 11) is 0. The highest BCUT2D eigenvalue weighted by atomic mass is 16.5. The van der Waals surface area contributed by atoms with E-state index in [1.165, 1.54) is 11.8 Å². The van der Waals surface area contributed by atoms with Gasteiger partial charge in [0.2, 0.25) is 0 Å². The highest BCUT2D eigenvalue weighted by molar-refractivity contribution is 5.95. The predicted octanol–water partition coefficient (Wildman–Crippen LogP) is 3.55. The standard InChI is InChI=1S/C20H24N2O4/c1-3-24-17-9-14-7-8-22(11-15(14)10-18(17)25-4-2)20(23)16-12-26-21-19(16)13-5-6-13/h9-10,12-13H,3-8,11H2,1-2H3. The average molecular weight is 356 g/mol. The Morgan fingerprint density at radius 1 is 1.19 bits per heavy atom. The molecule has 0 unspecified atom stereocenters. The van der Waals surface area contributed by atoms with Crippen LogP contribution in [0.15, 0.2) is 22.9 Å². The lowest BCUT2D eigenvalue weighted by Gasteiger charge is -2.29. The highest BCUT2D eigenvalue weighted by Gasteiger charge is 2.34. The topological polar surface area (TPSA) is 64.8 Å². The molecule has 1 aromatic carbocycles. The molecule has 6 heteroatoms. The van der Waals surface area contributed by atoms with Crippen molar-refractivity contribution in [2.75, 3.05) is 19.8 Å². The molecule has 0 spiro atoms. The number of benzene rings is 1.